The van der Waals surface area contributed by atoms with Gasteiger partial charge in [0.25, 0.3) is 0 Å². The molecule has 2 saturated carbocycles. The number of esters is 2. The third-order valence-corrected chi connectivity index (χ3v) is 8.21. The molecule has 4 nitrogen and oxygen atoms in total. The van der Waals surface area contributed by atoms with Crippen LogP contribution < -0.4 is 9.47 Å². The minimum atomic E-state index is -0.640. The van der Waals surface area contributed by atoms with E-state index in [0.29, 0.717) is 28.7 Å². The van der Waals surface area contributed by atoms with Crippen molar-refractivity contribution < 1.29 is 19.1 Å². The van der Waals surface area contributed by atoms with Crippen molar-refractivity contribution in [2.24, 2.45) is 28.1 Å². The van der Waals surface area contributed by atoms with Crippen LogP contribution in [0.3, 0.4) is 0 Å². The van der Waals surface area contributed by atoms with Gasteiger partial charge in [0.15, 0.2) is 11.5 Å². The summed E-state index contributed by atoms with van der Waals surface area (Å²) in [6.07, 6.45) is 8.50. The average molecular weight is 441 g/mol. The predicted octanol–water partition coefficient (Wildman–Crippen LogP) is 6.84. The van der Waals surface area contributed by atoms with Crippen molar-refractivity contribution in [2.75, 3.05) is 0 Å². The summed E-state index contributed by atoms with van der Waals surface area (Å²) in [5.41, 5.74) is 1.56. The molecule has 0 bridgehead atoms. The fourth-order valence-corrected chi connectivity index (χ4v) is 6.29. The highest BCUT2D eigenvalue weighted by atomic mass is 16.6. The lowest BCUT2D eigenvalue weighted by Crippen LogP contribution is -2.40. The van der Waals surface area contributed by atoms with Gasteiger partial charge < -0.3 is 9.47 Å². The molecule has 4 atom stereocenters. The summed E-state index contributed by atoms with van der Waals surface area (Å²) < 4.78 is 12.0. The van der Waals surface area contributed by atoms with Crippen molar-refractivity contribution in [2.45, 2.75) is 99.3 Å². The molecule has 0 N–H and O–H groups in total. The summed E-state index contributed by atoms with van der Waals surface area (Å²) in [4.78, 5) is 25.7. The second-order valence-corrected chi connectivity index (χ2v) is 12.7. The van der Waals surface area contributed by atoms with Gasteiger partial charge in [0.1, 0.15) is 0 Å². The normalized spacial score (nSPS) is 29.5. The number of aryl methyl sites for hydroxylation is 1. The Hall–Kier alpha value is -1.84. The topological polar surface area (TPSA) is 52.6 Å². The summed E-state index contributed by atoms with van der Waals surface area (Å²) in [6.45, 7) is 13.6. The summed E-state index contributed by atoms with van der Waals surface area (Å²) in [5, 5.41) is 0. The van der Waals surface area contributed by atoms with E-state index in [1.165, 1.54) is 37.7 Å². The Morgan fingerprint density at radius 3 is 2.22 bits per heavy atom. The second-order valence-electron chi connectivity index (χ2n) is 12.7. The largest absolute Gasteiger partial charge is 0.422 e. The van der Waals surface area contributed by atoms with E-state index in [9.17, 15) is 9.59 Å². The molecule has 176 valence electrons. The molecule has 3 aliphatic rings. The first-order chi connectivity index (χ1) is 14.8. The third-order valence-electron chi connectivity index (χ3n) is 8.21. The van der Waals surface area contributed by atoms with E-state index in [4.69, 9.17) is 9.47 Å². The Morgan fingerprint density at radius 1 is 0.906 bits per heavy atom. The molecule has 0 aromatic heterocycles. The smallest absolute Gasteiger partial charge is 0.316 e. The summed E-state index contributed by atoms with van der Waals surface area (Å²) in [6, 6.07) is 3.92. The Labute approximate surface area is 193 Å². The van der Waals surface area contributed by atoms with Crippen molar-refractivity contribution >= 4 is 11.9 Å². The standard InChI is InChI=1S/C28H40O4/c1-26(2,3)24(29)31-21-13-11-17-10-12-18-19(14-16-28(7)15-8-9-20(18)28)22(17)23(21)32-25(30)27(4,5)6/h11,13,18-20H,8-10,12,14-16H2,1-7H3/t18-,19+,20+,28+/m1/s1. The number of benzene rings is 1. The van der Waals surface area contributed by atoms with E-state index in [1.807, 2.05) is 47.6 Å². The highest BCUT2D eigenvalue weighted by Crippen LogP contribution is 2.62. The number of hydrogen-bond acceptors (Lipinski definition) is 4. The van der Waals surface area contributed by atoms with Crippen LogP contribution in [0.15, 0.2) is 12.1 Å². The van der Waals surface area contributed by atoms with E-state index in [1.54, 1.807) is 0 Å². The van der Waals surface area contributed by atoms with Gasteiger partial charge in [0, 0.05) is 5.56 Å². The molecule has 0 unspecified atom stereocenters. The molecular formula is C28H40O4. The van der Waals surface area contributed by atoms with Gasteiger partial charge >= 0.3 is 11.9 Å². The highest BCUT2D eigenvalue weighted by Gasteiger charge is 2.51. The Balaban J connectivity index is 1.78. The Kier molecular flexibility index (Phi) is 5.75. The van der Waals surface area contributed by atoms with Gasteiger partial charge in [-0.25, -0.2) is 0 Å². The van der Waals surface area contributed by atoms with E-state index in [2.05, 4.69) is 13.0 Å². The van der Waals surface area contributed by atoms with Gasteiger partial charge in [-0.15, -0.1) is 0 Å². The van der Waals surface area contributed by atoms with Gasteiger partial charge in [0.2, 0.25) is 0 Å². The number of carbonyl (C=O) groups excluding carboxylic acids is 2. The number of rotatable bonds is 2. The minimum absolute atomic E-state index is 0.289. The van der Waals surface area contributed by atoms with E-state index in [0.717, 1.165) is 24.3 Å². The van der Waals surface area contributed by atoms with Crippen molar-refractivity contribution in [1.29, 1.82) is 0 Å². The van der Waals surface area contributed by atoms with Crippen LogP contribution in [0.2, 0.25) is 0 Å². The zero-order chi connectivity index (χ0) is 23.5. The predicted molar refractivity (Wildman–Crippen MR) is 126 cm³/mol. The molecule has 32 heavy (non-hydrogen) atoms. The van der Waals surface area contributed by atoms with Gasteiger partial charge in [-0.2, -0.15) is 0 Å². The monoisotopic (exact) mass is 440 g/mol. The molecule has 0 spiro atoms. The molecule has 0 aliphatic heterocycles. The number of carbonyl (C=O) groups is 2. The fraction of sp³-hybridized carbons (Fsp3) is 0.714. The first kappa shape index (κ1) is 23.3. The minimum Gasteiger partial charge on any atom is -0.422 e. The first-order valence-electron chi connectivity index (χ1n) is 12.4. The lowest BCUT2D eigenvalue weighted by Gasteiger charge is -2.49. The van der Waals surface area contributed by atoms with Gasteiger partial charge in [-0.1, -0.05) is 19.4 Å². The van der Waals surface area contributed by atoms with Crippen molar-refractivity contribution in [3.05, 3.63) is 23.3 Å². The first-order valence-corrected chi connectivity index (χ1v) is 12.4. The Morgan fingerprint density at radius 2 is 1.56 bits per heavy atom. The zero-order valence-corrected chi connectivity index (χ0v) is 21.0. The van der Waals surface area contributed by atoms with E-state index >= 15 is 0 Å². The number of ether oxygens (including phenoxy) is 2. The van der Waals surface area contributed by atoms with Crippen LogP contribution in [0.4, 0.5) is 0 Å². The van der Waals surface area contributed by atoms with Crippen LogP contribution in [-0.4, -0.2) is 11.9 Å². The highest BCUT2D eigenvalue weighted by molar-refractivity contribution is 5.82. The lowest BCUT2D eigenvalue weighted by atomic mass is 9.56. The molecule has 1 aromatic rings. The van der Waals surface area contributed by atoms with Gasteiger partial charge in [-0.05, 0) is 115 Å². The molecule has 0 amide bonds. The molecule has 0 heterocycles. The molecule has 2 fully saturated rings. The quantitative estimate of drug-likeness (QED) is 0.373. The average Bonchev–Trinajstić information content (AvgIpc) is 3.09. The number of hydrogen-bond donors (Lipinski definition) is 0. The maximum absolute atomic E-state index is 13.0. The van der Waals surface area contributed by atoms with Crippen molar-refractivity contribution in [1.82, 2.24) is 0 Å². The molecule has 4 heteroatoms. The molecule has 4 rings (SSSR count). The van der Waals surface area contributed by atoms with Crippen LogP contribution in [0.5, 0.6) is 11.5 Å². The van der Waals surface area contributed by atoms with Crippen molar-refractivity contribution in [3.63, 3.8) is 0 Å². The maximum Gasteiger partial charge on any atom is 0.316 e. The Bertz CT molecular complexity index is 917. The molecule has 1 aromatic carbocycles. The van der Waals surface area contributed by atoms with Gasteiger partial charge in [0.05, 0.1) is 10.8 Å². The third kappa shape index (κ3) is 4.10. The van der Waals surface area contributed by atoms with Crippen LogP contribution in [0, 0.1) is 28.1 Å². The molecule has 0 radical (unpaired) electrons. The number of fused-ring (bicyclic) bond motifs is 5. The molecule has 3 aliphatic carbocycles. The summed E-state index contributed by atoms with van der Waals surface area (Å²) >= 11 is 0. The van der Waals surface area contributed by atoms with Gasteiger partial charge in [-0.3, -0.25) is 9.59 Å². The van der Waals surface area contributed by atoms with Crippen LogP contribution in [0.25, 0.3) is 0 Å². The van der Waals surface area contributed by atoms with E-state index in [-0.39, 0.29) is 11.9 Å². The second kappa shape index (κ2) is 7.88. The lowest BCUT2D eigenvalue weighted by molar-refractivity contribution is -0.145. The van der Waals surface area contributed by atoms with Crippen LogP contribution in [-0.2, 0) is 16.0 Å². The molecule has 0 saturated heterocycles. The van der Waals surface area contributed by atoms with Crippen LogP contribution in [0.1, 0.15) is 104 Å². The van der Waals surface area contributed by atoms with Crippen LogP contribution >= 0.6 is 0 Å². The maximum atomic E-state index is 13.0. The fourth-order valence-electron chi connectivity index (χ4n) is 6.29. The van der Waals surface area contributed by atoms with E-state index < -0.39 is 10.8 Å². The summed E-state index contributed by atoms with van der Waals surface area (Å²) in [7, 11) is 0. The molecular weight excluding hydrogens is 400 g/mol. The summed E-state index contributed by atoms with van der Waals surface area (Å²) in [5.74, 6) is 2.00. The van der Waals surface area contributed by atoms with Crippen molar-refractivity contribution in [3.8, 4) is 11.5 Å². The zero-order valence-electron chi connectivity index (χ0n) is 21.0. The SMILES string of the molecule is CC(C)(C)C(=O)Oc1ccc2c(c1OC(=O)C(C)(C)C)[C@H]1CC[C@]3(C)CCC[C@H]3[C@@H]1CC2.